The molecule has 32 heavy (non-hydrogen) atoms. The van der Waals surface area contributed by atoms with E-state index in [0.717, 1.165) is 0 Å². The third kappa shape index (κ3) is 8.55. The van der Waals surface area contributed by atoms with Gasteiger partial charge in [-0.25, -0.2) is 10.9 Å². The van der Waals surface area contributed by atoms with Crippen LogP contribution in [0.4, 0.5) is 0 Å². The van der Waals surface area contributed by atoms with Gasteiger partial charge in [0.2, 0.25) is 0 Å². The Balaban J connectivity index is 1.65. The van der Waals surface area contributed by atoms with Crippen molar-refractivity contribution in [2.24, 2.45) is 10.2 Å². The minimum Gasteiger partial charge on any atom is -0.497 e. The highest BCUT2D eigenvalue weighted by Crippen LogP contribution is 2.29. The third-order valence-electron chi connectivity index (χ3n) is 3.59. The number of rotatable bonds is 11. The van der Waals surface area contributed by atoms with Crippen LogP contribution in [0, 0.1) is 0 Å². The van der Waals surface area contributed by atoms with Crippen molar-refractivity contribution >= 4 is 56.1 Å². The Morgan fingerprint density at radius 2 is 1.22 bits per heavy atom. The van der Waals surface area contributed by atoms with Crippen molar-refractivity contribution in [2.75, 3.05) is 27.4 Å². The molecule has 0 saturated heterocycles. The van der Waals surface area contributed by atoms with E-state index in [1.165, 1.54) is 12.4 Å². The maximum atomic E-state index is 11.7. The summed E-state index contributed by atoms with van der Waals surface area (Å²) < 4.78 is 22.3. The van der Waals surface area contributed by atoms with Crippen LogP contribution < -0.4 is 29.8 Å². The van der Waals surface area contributed by atoms with Gasteiger partial charge in [0.15, 0.2) is 13.2 Å². The van der Waals surface area contributed by atoms with E-state index < -0.39 is 11.8 Å². The molecule has 0 radical (unpaired) electrons. The predicted octanol–water partition coefficient (Wildman–Crippen LogP) is 2.89. The number of benzene rings is 2. The molecule has 2 rings (SSSR count). The molecular formula is C20H20Br2N4O6. The fourth-order valence-corrected chi connectivity index (χ4v) is 3.03. The van der Waals surface area contributed by atoms with E-state index in [2.05, 4.69) is 52.9 Å². The Kier molecular flexibility index (Phi) is 10.5. The molecule has 0 aromatic heterocycles. The molecule has 0 aliphatic rings. The van der Waals surface area contributed by atoms with E-state index >= 15 is 0 Å². The number of nitrogens with zero attached hydrogens (tertiary/aromatic N) is 2. The highest BCUT2D eigenvalue weighted by molar-refractivity contribution is 9.10. The molecule has 2 aromatic carbocycles. The van der Waals surface area contributed by atoms with Crippen molar-refractivity contribution in [1.29, 1.82) is 0 Å². The van der Waals surface area contributed by atoms with Gasteiger partial charge in [-0.2, -0.15) is 10.2 Å². The predicted molar refractivity (Wildman–Crippen MR) is 126 cm³/mol. The highest BCUT2D eigenvalue weighted by atomic mass is 79.9. The zero-order valence-corrected chi connectivity index (χ0v) is 20.3. The van der Waals surface area contributed by atoms with Crippen LogP contribution in [0.3, 0.4) is 0 Å². The molecule has 0 aliphatic carbocycles. The van der Waals surface area contributed by atoms with Gasteiger partial charge in [-0.1, -0.05) is 0 Å². The fraction of sp³-hybridized carbons (Fsp3) is 0.200. The van der Waals surface area contributed by atoms with Crippen LogP contribution in [0.5, 0.6) is 23.0 Å². The summed E-state index contributed by atoms with van der Waals surface area (Å²) >= 11 is 6.66. The largest absolute Gasteiger partial charge is 0.497 e. The molecular weight excluding hydrogens is 552 g/mol. The average molecular weight is 572 g/mol. The maximum absolute atomic E-state index is 11.7. The minimum absolute atomic E-state index is 0.242. The Labute approximate surface area is 201 Å². The van der Waals surface area contributed by atoms with Crippen LogP contribution >= 0.6 is 31.9 Å². The van der Waals surface area contributed by atoms with Crippen LogP contribution in [0.1, 0.15) is 0 Å². The average Bonchev–Trinajstić information content (AvgIpc) is 2.79. The van der Waals surface area contributed by atoms with Crippen molar-refractivity contribution in [3.05, 3.63) is 45.3 Å². The number of nitrogens with one attached hydrogen (secondary N) is 2. The van der Waals surface area contributed by atoms with Crippen LogP contribution in [-0.4, -0.2) is 51.7 Å². The molecule has 0 atom stereocenters. The van der Waals surface area contributed by atoms with Crippen molar-refractivity contribution in [2.45, 2.75) is 0 Å². The van der Waals surface area contributed by atoms with Gasteiger partial charge in [0.25, 0.3) is 11.8 Å². The van der Waals surface area contributed by atoms with E-state index in [1.807, 2.05) is 0 Å². The lowest BCUT2D eigenvalue weighted by Gasteiger charge is -2.08. The number of hydrogen-bond donors (Lipinski definition) is 2. The molecule has 0 aliphatic heterocycles. The van der Waals surface area contributed by atoms with Gasteiger partial charge >= 0.3 is 0 Å². The summed E-state index contributed by atoms with van der Waals surface area (Å²) in [5.41, 5.74) is 4.53. The third-order valence-corrected chi connectivity index (χ3v) is 4.83. The summed E-state index contributed by atoms with van der Waals surface area (Å²) in [4.78, 5) is 23.5. The Bertz CT molecular complexity index is 921. The number of carbonyl (C=O) groups is 2. The lowest BCUT2D eigenvalue weighted by atomic mass is 10.3. The summed E-state index contributed by atoms with van der Waals surface area (Å²) in [5, 5.41) is 7.33. The fourth-order valence-electron chi connectivity index (χ4n) is 2.09. The number of amides is 2. The topological polar surface area (TPSA) is 120 Å². The zero-order valence-electron chi connectivity index (χ0n) is 17.1. The second kappa shape index (κ2) is 13.3. The first kappa shape index (κ1) is 25.1. The van der Waals surface area contributed by atoms with Gasteiger partial charge in [-0.05, 0) is 68.3 Å². The molecule has 0 unspecified atom stereocenters. The lowest BCUT2D eigenvalue weighted by Crippen LogP contribution is -2.25. The quantitative estimate of drug-likeness (QED) is 0.316. The van der Waals surface area contributed by atoms with Crippen molar-refractivity contribution in [1.82, 2.24) is 10.9 Å². The van der Waals surface area contributed by atoms with Gasteiger partial charge in [0.05, 0.1) is 35.6 Å². The van der Waals surface area contributed by atoms with Crippen molar-refractivity contribution in [3.63, 3.8) is 0 Å². The van der Waals surface area contributed by atoms with Gasteiger partial charge in [0.1, 0.15) is 23.0 Å². The van der Waals surface area contributed by atoms with Crippen LogP contribution in [0.15, 0.2) is 55.5 Å². The van der Waals surface area contributed by atoms with Gasteiger partial charge < -0.3 is 18.9 Å². The summed E-state index contributed by atoms with van der Waals surface area (Å²) in [5.74, 6) is 1.34. The molecule has 0 fully saturated rings. The van der Waals surface area contributed by atoms with Gasteiger partial charge in [-0.3, -0.25) is 9.59 Å². The Hall–Kier alpha value is -3.12. The molecule has 0 spiro atoms. The molecule has 10 nitrogen and oxygen atoms in total. The summed E-state index contributed by atoms with van der Waals surface area (Å²) in [6, 6.07) is 10.2. The standard InChI is InChI=1S/C20H20Br2N4O6/c1-29-13-3-5-17(15(21)9-13)31-11-19(27)25-23-7-8-24-26-20(28)12-32-18-6-4-14(30-2)10-16(18)22/h3-10H,11-12H2,1-2H3,(H,25,27)(H,26,28)/b23-7+,24-8+. The number of hydrogen-bond acceptors (Lipinski definition) is 8. The first-order valence-electron chi connectivity index (χ1n) is 8.98. The normalized spacial score (nSPS) is 10.8. The molecule has 0 bridgehead atoms. The summed E-state index contributed by atoms with van der Waals surface area (Å²) in [6.45, 7) is -0.483. The lowest BCUT2D eigenvalue weighted by molar-refractivity contribution is -0.123. The maximum Gasteiger partial charge on any atom is 0.277 e. The van der Waals surface area contributed by atoms with Crippen molar-refractivity contribution in [3.8, 4) is 23.0 Å². The number of halogens is 2. The van der Waals surface area contributed by atoms with E-state index in [0.29, 0.717) is 31.9 Å². The number of hydrazone groups is 2. The molecule has 170 valence electrons. The van der Waals surface area contributed by atoms with E-state index in [4.69, 9.17) is 18.9 Å². The molecule has 2 N–H and O–H groups in total. The van der Waals surface area contributed by atoms with Crippen LogP contribution in [-0.2, 0) is 9.59 Å². The van der Waals surface area contributed by atoms with E-state index in [1.54, 1.807) is 50.6 Å². The number of methoxy groups -OCH3 is 2. The van der Waals surface area contributed by atoms with E-state index in [-0.39, 0.29) is 13.2 Å². The monoisotopic (exact) mass is 570 g/mol. The van der Waals surface area contributed by atoms with Crippen molar-refractivity contribution < 1.29 is 28.5 Å². The SMILES string of the molecule is COc1ccc(OCC(=O)N/N=C/C=N/NC(=O)COc2ccc(OC)cc2Br)c(Br)c1. The second-order valence-corrected chi connectivity index (χ2v) is 7.51. The summed E-state index contributed by atoms with van der Waals surface area (Å²) in [7, 11) is 3.11. The van der Waals surface area contributed by atoms with E-state index in [9.17, 15) is 9.59 Å². The zero-order chi connectivity index (χ0) is 23.3. The van der Waals surface area contributed by atoms with Gasteiger partial charge in [-0.15, -0.1) is 0 Å². The Morgan fingerprint density at radius 1 is 0.812 bits per heavy atom. The van der Waals surface area contributed by atoms with Crippen LogP contribution in [0.25, 0.3) is 0 Å². The molecule has 2 aromatic rings. The number of carbonyl (C=O) groups excluding carboxylic acids is 2. The smallest absolute Gasteiger partial charge is 0.277 e. The first-order valence-corrected chi connectivity index (χ1v) is 10.6. The van der Waals surface area contributed by atoms with Gasteiger partial charge in [0, 0.05) is 0 Å². The summed E-state index contributed by atoms with van der Waals surface area (Å²) in [6.07, 6.45) is 2.39. The van der Waals surface area contributed by atoms with Crippen LogP contribution in [0.2, 0.25) is 0 Å². The molecule has 0 saturated carbocycles. The second-order valence-electron chi connectivity index (χ2n) is 5.80. The molecule has 0 heterocycles. The minimum atomic E-state index is -0.472. The number of ether oxygens (including phenoxy) is 4. The Morgan fingerprint density at radius 3 is 1.56 bits per heavy atom. The first-order chi connectivity index (χ1) is 15.4. The molecule has 12 heteroatoms. The highest BCUT2D eigenvalue weighted by Gasteiger charge is 2.07. The molecule has 2 amide bonds.